The molecule has 1 aliphatic carbocycles. The second-order valence-electron chi connectivity index (χ2n) is 9.28. The van der Waals surface area contributed by atoms with Crippen molar-refractivity contribution in [3.63, 3.8) is 0 Å². The predicted octanol–water partition coefficient (Wildman–Crippen LogP) is 5.71. The molecule has 2 aromatic rings. The van der Waals surface area contributed by atoms with Gasteiger partial charge in [0.1, 0.15) is 11.6 Å². The number of carbonyl (C=O) groups is 1. The van der Waals surface area contributed by atoms with Crippen LogP contribution in [0.25, 0.3) is 0 Å². The molecule has 1 unspecified atom stereocenters. The van der Waals surface area contributed by atoms with Crippen molar-refractivity contribution in [1.82, 2.24) is 9.78 Å². The van der Waals surface area contributed by atoms with Crippen LogP contribution in [0.1, 0.15) is 68.3 Å². The van der Waals surface area contributed by atoms with E-state index in [4.69, 9.17) is 0 Å². The molecule has 0 bridgehead atoms. The van der Waals surface area contributed by atoms with Gasteiger partial charge in [-0.3, -0.25) is 4.79 Å². The first kappa shape index (κ1) is 21.7. The monoisotopic (exact) mass is 435 g/mol. The minimum absolute atomic E-state index is 0.0845. The number of nitrogens with one attached hydrogen (secondary N) is 1. The summed E-state index contributed by atoms with van der Waals surface area (Å²) in [6, 6.07) is 5.73. The largest absolute Gasteiger partial charge is 0.573 e. The first-order valence-corrected chi connectivity index (χ1v) is 10.9. The number of ketones is 1. The molecular formula is C23H28F3N3O2. The second kappa shape index (κ2) is 8.20. The summed E-state index contributed by atoms with van der Waals surface area (Å²) in [4.78, 5) is 13.1. The molecule has 1 saturated carbocycles. The third kappa shape index (κ3) is 4.88. The number of benzene rings is 1. The van der Waals surface area contributed by atoms with Crippen LogP contribution in [0.5, 0.6) is 5.75 Å². The minimum atomic E-state index is -4.73. The highest BCUT2D eigenvalue weighted by molar-refractivity contribution is 6.01. The molecule has 0 radical (unpaired) electrons. The van der Waals surface area contributed by atoms with E-state index < -0.39 is 6.36 Å². The van der Waals surface area contributed by atoms with Gasteiger partial charge in [-0.25, -0.2) is 4.68 Å². The van der Waals surface area contributed by atoms with Gasteiger partial charge in [-0.2, -0.15) is 5.10 Å². The molecule has 1 fully saturated rings. The Balaban J connectivity index is 1.51. The third-order valence-electron chi connectivity index (χ3n) is 6.43. The first-order valence-electron chi connectivity index (χ1n) is 10.9. The lowest BCUT2D eigenvalue weighted by Crippen LogP contribution is -2.45. The zero-order chi connectivity index (χ0) is 22.2. The highest BCUT2D eigenvalue weighted by Crippen LogP contribution is 2.40. The third-order valence-corrected chi connectivity index (χ3v) is 6.43. The summed E-state index contributed by atoms with van der Waals surface area (Å²) in [6.07, 6.45) is 4.13. The lowest BCUT2D eigenvalue weighted by Gasteiger charge is -2.42. The molecular weight excluding hydrogens is 407 g/mol. The fourth-order valence-corrected chi connectivity index (χ4v) is 4.91. The van der Waals surface area contributed by atoms with Crippen molar-refractivity contribution in [2.45, 2.75) is 76.7 Å². The van der Waals surface area contributed by atoms with E-state index in [1.54, 1.807) is 6.20 Å². The Kier molecular flexibility index (Phi) is 5.75. The van der Waals surface area contributed by atoms with E-state index in [9.17, 15) is 18.0 Å². The molecule has 1 atom stereocenters. The molecule has 2 heterocycles. The van der Waals surface area contributed by atoms with E-state index >= 15 is 0 Å². The number of ether oxygens (including phenoxy) is 1. The van der Waals surface area contributed by atoms with Crippen LogP contribution >= 0.6 is 0 Å². The van der Waals surface area contributed by atoms with E-state index in [0.717, 1.165) is 12.2 Å². The maximum absolute atomic E-state index is 13.1. The lowest BCUT2D eigenvalue weighted by molar-refractivity contribution is -0.274. The highest BCUT2D eigenvalue weighted by atomic mass is 19.4. The molecule has 0 saturated heterocycles. The van der Waals surface area contributed by atoms with E-state index in [-0.39, 0.29) is 23.5 Å². The molecule has 1 N–H and O–H groups in total. The summed E-state index contributed by atoms with van der Waals surface area (Å²) < 4.78 is 42.8. The average Bonchev–Trinajstić information content (AvgIpc) is 3.14. The number of rotatable bonds is 5. The Bertz CT molecular complexity index is 929. The maximum atomic E-state index is 13.1. The van der Waals surface area contributed by atoms with Gasteiger partial charge >= 0.3 is 6.36 Å². The molecule has 8 heteroatoms. The fraction of sp³-hybridized carbons (Fsp3) is 0.565. The van der Waals surface area contributed by atoms with E-state index in [2.05, 4.69) is 29.0 Å². The van der Waals surface area contributed by atoms with E-state index in [0.29, 0.717) is 23.1 Å². The van der Waals surface area contributed by atoms with Crippen molar-refractivity contribution < 1.29 is 22.7 Å². The van der Waals surface area contributed by atoms with Crippen LogP contribution in [-0.2, 0) is 12.0 Å². The minimum Gasteiger partial charge on any atom is -0.406 e. The predicted molar refractivity (Wildman–Crippen MR) is 111 cm³/mol. The van der Waals surface area contributed by atoms with Crippen molar-refractivity contribution >= 4 is 11.6 Å². The zero-order valence-electron chi connectivity index (χ0n) is 17.8. The van der Waals surface area contributed by atoms with Gasteiger partial charge < -0.3 is 10.1 Å². The number of alkyl halides is 3. The van der Waals surface area contributed by atoms with Crippen LogP contribution in [-0.4, -0.2) is 28.0 Å². The number of hydrogen-bond donors (Lipinski definition) is 1. The number of Topliss-reactive ketones (excluding diaryl/α,β-unsaturated/α-hetero) is 1. The van der Waals surface area contributed by atoms with Crippen molar-refractivity contribution in [3.05, 3.63) is 41.6 Å². The maximum Gasteiger partial charge on any atom is 0.573 e. The van der Waals surface area contributed by atoms with Crippen molar-refractivity contribution in [3.8, 4) is 5.75 Å². The summed E-state index contributed by atoms with van der Waals surface area (Å²) in [5.41, 5.74) is 0.959. The summed E-state index contributed by atoms with van der Waals surface area (Å²) in [7, 11) is 0. The van der Waals surface area contributed by atoms with Gasteiger partial charge in [0.15, 0.2) is 5.78 Å². The molecule has 1 aliphatic heterocycles. The highest BCUT2D eigenvalue weighted by Gasteiger charge is 2.39. The lowest BCUT2D eigenvalue weighted by atomic mass is 9.78. The smallest absolute Gasteiger partial charge is 0.406 e. The number of aromatic nitrogens is 2. The van der Waals surface area contributed by atoms with Gasteiger partial charge in [-0.05, 0) is 56.7 Å². The number of carbonyl (C=O) groups excluding carboxylic acids is 1. The van der Waals surface area contributed by atoms with Crippen LogP contribution < -0.4 is 10.1 Å². The summed E-state index contributed by atoms with van der Waals surface area (Å²) in [5, 5.41) is 8.10. The summed E-state index contributed by atoms with van der Waals surface area (Å²) in [5.74, 6) is 0.943. The van der Waals surface area contributed by atoms with Crippen molar-refractivity contribution in [2.24, 2.45) is 5.92 Å². The quantitative estimate of drug-likeness (QED) is 0.612. The molecule has 1 aromatic heterocycles. The van der Waals surface area contributed by atoms with Crippen LogP contribution in [0, 0.1) is 5.92 Å². The molecule has 5 nitrogen and oxygen atoms in total. The molecule has 0 spiro atoms. The number of anilines is 1. The molecule has 168 valence electrons. The number of halogens is 3. The summed E-state index contributed by atoms with van der Waals surface area (Å²) in [6.45, 7) is 4.29. The van der Waals surface area contributed by atoms with Crippen molar-refractivity contribution in [2.75, 3.05) is 5.32 Å². The standard InChI is InChI=1S/C23H28F3N3O2/c1-22(2)13-19(16-6-4-3-5-7-16)28-21-18(14-27-29(21)22)20(30)12-15-8-10-17(11-9-15)31-23(24,25)26/h8-11,14,16,19,28H,3-7,12-13H2,1-2H3. The normalized spacial score (nSPS) is 21.3. The van der Waals surface area contributed by atoms with Crippen LogP contribution in [0.15, 0.2) is 30.5 Å². The Hall–Kier alpha value is -2.51. The molecule has 31 heavy (non-hydrogen) atoms. The van der Waals surface area contributed by atoms with Gasteiger partial charge in [0.25, 0.3) is 0 Å². The molecule has 2 aliphatic rings. The second-order valence-corrected chi connectivity index (χ2v) is 9.28. The fourth-order valence-electron chi connectivity index (χ4n) is 4.91. The topological polar surface area (TPSA) is 56.1 Å². The van der Waals surface area contributed by atoms with Crippen LogP contribution in [0.2, 0.25) is 0 Å². The number of hydrogen-bond acceptors (Lipinski definition) is 4. The molecule has 0 amide bonds. The Morgan fingerprint density at radius 3 is 2.52 bits per heavy atom. The number of nitrogens with zero attached hydrogens (tertiary/aromatic N) is 2. The van der Waals surface area contributed by atoms with E-state index in [1.165, 1.54) is 56.4 Å². The Morgan fingerprint density at radius 1 is 1.19 bits per heavy atom. The van der Waals surface area contributed by atoms with Crippen molar-refractivity contribution in [1.29, 1.82) is 0 Å². The van der Waals surface area contributed by atoms with E-state index in [1.807, 2.05) is 4.68 Å². The zero-order valence-corrected chi connectivity index (χ0v) is 17.8. The summed E-state index contributed by atoms with van der Waals surface area (Å²) >= 11 is 0. The molecule has 4 rings (SSSR count). The van der Waals surface area contributed by atoms with Crippen LogP contribution in [0.4, 0.5) is 19.0 Å². The van der Waals surface area contributed by atoms with Gasteiger partial charge in [0, 0.05) is 12.5 Å². The first-order chi connectivity index (χ1) is 14.6. The SMILES string of the molecule is CC1(C)CC(C2CCCCC2)Nc2c(C(=O)Cc3ccc(OC(F)(F)F)cc3)cnn21. The van der Waals surface area contributed by atoms with Crippen LogP contribution in [0.3, 0.4) is 0 Å². The van der Waals surface area contributed by atoms with Gasteiger partial charge in [0.2, 0.25) is 0 Å². The molecule has 1 aromatic carbocycles. The van der Waals surface area contributed by atoms with Gasteiger partial charge in [-0.1, -0.05) is 31.4 Å². The number of fused-ring (bicyclic) bond motifs is 1. The average molecular weight is 435 g/mol. The Morgan fingerprint density at radius 2 is 1.87 bits per heavy atom. The Labute approximate surface area is 180 Å². The van der Waals surface area contributed by atoms with Gasteiger partial charge in [0.05, 0.1) is 17.3 Å². The van der Waals surface area contributed by atoms with Gasteiger partial charge in [-0.15, -0.1) is 13.2 Å².